The monoisotopic (exact) mass is 483 g/mol. The quantitative estimate of drug-likeness (QED) is 0.150. The van der Waals surface area contributed by atoms with E-state index in [2.05, 4.69) is 22.5 Å². The van der Waals surface area contributed by atoms with E-state index in [9.17, 15) is 9.59 Å². The first kappa shape index (κ1) is 28.1. The smallest absolute Gasteiger partial charge is 0.251 e. The summed E-state index contributed by atoms with van der Waals surface area (Å²) in [5, 5.41) is 5.41. The van der Waals surface area contributed by atoms with Crippen LogP contribution in [-0.2, 0) is 14.3 Å². The van der Waals surface area contributed by atoms with Gasteiger partial charge in [0, 0.05) is 24.6 Å². The Bertz CT molecular complexity index is 753. The first-order valence-corrected chi connectivity index (χ1v) is 12.9. The van der Waals surface area contributed by atoms with E-state index in [4.69, 9.17) is 19.9 Å². The van der Waals surface area contributed by atoms with E-state index < -0.39 is 0 Å². The van der Waals surface area contributed by atoms with Crippen molar-refractivity contribution >= 4 is 33.4 Å². The number of benzene rings is 1. The van der Waals surface area contributed by atoms with Crippen LogP contribution in [-0.4, -0.2) is 69.6 Å². The van der Waals surface area contributed by atoms with Gasteiger partial charge in [-0.1, -0.05) is 53.3 Å². The molecule has 4 N–H and O–H groups in total. The number of amides is 2. The minimum absolute atomic E-state index is 0.0391. The maximum absolute atomic E-state index is 12.0. The Kier molecular flexibility index (Phi) is 15.5. The van der Waals surface area contributed by atoms with Gasteiger partial charge in [0.15, 0.2) is 0 Å². The van der Waals surface area contributed by atoms with Gasteiger partial charge in [0.25, 0.3) is 5.91 Å². The Morgan fingerprint density at radius 2 is 2.03 bits per heavy atom. The Morgan fingerprint density at radius 3 is 2.75 bits per heavy atom. The van der Waals surface area contributed by atoms with Crippen molar-refractivity contribution in [2.45, 2.75) is 19.3 Å². The van der Waals surface area contributed by atoms with Gasteiger partial charge in [-0.15, -0.1) is 0 Å². The predicted octanol–water partition coefficient (Wildman–Crippen LogP) is 1.90. The molecule has 1 unspecified atom stereocenters. The van der Waals surface area contributed by atoms with Crippen molar-refractivity contribution in [2.75, 3.05) is 52.3 Å². The highest BCUT2D eigenvalue weighted by Gasteiger charge is 2.12. The van der Waals surface area contributed by atoms with E-state index in [0.717, 1.165) is 0 Å². The average molecular weight is 484 g/mol. The van der Waals surface area contributed by atoms with Crippen molar-refractivity contribution in [1.82, 2.24) is 10.6 Å². The molecule has 0 bridgehead atoms. The van der Waals surface area contributed by atoms with Crippen molar-refractivity contribution in [3.8, 4) is 17.6 Å². The van der Waals surface area contributed by atoms with Crippen LogP contribution in [0.4, 0.5) is 0 Å². The van der Waals surface area contributed by atoms with Crippen LogP contribution in [0.1, 0.15) is 24.2 Å². The summed E-state index contributed by atoms with van der Waals surface area (Å²) in [5.74, 6) is 6.31. The maximum Gasteiger partial charge on any atom is 0.251 e. The lowest BCUT2D eigenvalue weighted by atomic mass is 10.2. The Labute approximate surface area is 198 Å². The number of carbonyl (C=O) groups excluding carboxylic acids is 2. The van der Waals surface area contributed by atoms with Gasteiger partial charge in [-0.3, -0.25) is 9.59 Å². The van der Waals surface area contributed by atoms with E-state index >= 15 is 0 Å². The van der Waals surface area contributed by atoms with Crippen LogP contribution in [0.2, 0.25) is 0 Å². The second-order valence-electron chi connectivity index (χ2n) is 6.75. The standard InChI is InChI=1S/C22H33N3O5S2/c1-17(2)6-5-10-24-20(26)15-28-12-13-29-21(32-31-3)16-30-19-8-4-7-18(14-19)22(27)25-11-9-23/h4,7-8,14,17,21H,9-13,15-16,23H2,1-3H3,(H,24,26)(H,25,27). The van der Waals surface area contributed by atoms with Gasteiger partial charge < -0.3 is 30.6 Å². The lowest BCUT2D eigenvalue weighted by Crippen LogP contribution is -2.29. The van der Waals surface area contributed by atoms with E-state index in [1.807, 2.05) is 20.1 Å². The molecule has 2 amide bonds. The summed E-state index contributed by atoms with van der Waals surface area (Å²) in [6.45, 7) is 5.97. The molecule has 0 fully saturated rings. The molecule has 178 valence electrons. The molecule has 0 spiro atoms. The van der Waals surface area contributed by atoms with Crippen LogP contribution in [0, 0.1) is 17.8 Å². The highest BCUT2D eigenvalue weighted by Crippen LogP contribution is 2.25. The van der Waals surface area contributed by atoms with Gasteiger partial charge in [-0.2, -0.15) is 0 Å². The molecule has 0 aliphatic heterocycles. The number of hydrogen-bond donors (Lipinski definition) is 3. The zero-order valence-corrected chi connectivity index (χ0v) is 20.5. The van der Waals surface area contributed by atoms with Crippen LogP contribution in [0.5, 0.6) is 5.75 Å². The molecular formula is C22H33N3O5S2. The van der Waals surface area contributed by atoms with Gasteiger partial charge in [-0.05, 0) is 24.5 Å². The highest BCUT2D eigenvalue weighted by molar-refractivity contribution is 8.76. The molecule has 0 aliphatic carbocycles. The first-order chi connectivity index (χ1) is 15.5. The molecule has 0 aliphatic rings. The Morgan fingerprint density at radius 1 is 1.22 bits per heavy atom. The summed E-state index contributed by atoms with van der Waals surface area (Å²) in [7, 11) is 3.09. The van der Waals surface area contributed by atoms with Crippen molar-refractivity contribution in [3.05, 3.63) is 29.8 Å². The molecule has 0 aromatic heterocycles. The summed E-state index contributed by atoms with van der Waals surface area (Å²) in [5.41, 5.74) is 5.68. The molecule has 1 aromatic rings. The lowest BCUT2D eigenvalue weighted by Gasteiger charge is -2.17. The van der Waals surface area contributed by atoms with Crippen LogP contribution >= 0.6 is 21.6 Å². The zero-order valence-electron chi connectivity index (χ0n) is 18.8. The van der Waals surface area contributed by atoms with Crippen LogP contribution in [0.15, 0.2) is 24.3 Å². The van der Waals surface area contributed by atoms with Gasteiger partial charge in [0.05, 0.1) is 19.8 Å². The number of hydrogen-bond acceptors (Lipinski definition) is 8. The molecule has 0 saturated heterocycles. The number of ether oxygens (including phenoxy) is 3. The fourth-order valence-corrected chi connectivity index (χ4v) is 3.71. The largest absolute Gasteiger partial charge is 0.490 e. The second-order valence-corrected chi connectivity index (χ2v) is 9.38. The summed E-state index contributed by atoms with van der Waals surface area (Å²) >= 11 is 0. The summed E-state index contributed by atoms with van der Waals surface area (Å²) in [6.07, 6.45) is 1.95. The number of nitrogens with two attached hydrogens (primary N) is 1. The fraction of sp³-hybridized carbons (Fsp3) is 0.545. The van der Waals surface area contributed by atoms with Crippen LogP contribution in [0.25, 0.3) is 0 Å². The first-order valence-electron chi connectivity index (χ1n) is 10.3. The van der Waals surface area contributed by atoms with Gasteiger partial charge in [-0.25, -0.2) is 0 Å². The summed E-state index contributed by atoms with van der Waals surface area (Å²) in [4.78, 5) is 23.7. The third kappa shape index (κ3) is 13.5. The number of rotatable bonds is 15. The Hall–Kier alpha value is -1.90. The van der Waals surface area contributed by atoms with Crippen molar-refractivity contribution in [2.24, 2.45) is 11.7 Å². The third-order valence-electron chi connectivity index (χ3n) is 3.65. The molecule has 1 aromatic carbocycles. The average Bonchev–Trinajstić information content (AvgIpc) is 2.78. The van der Waals surface area contributed by atoms with E-state index in [1.165, 1.54) is 10.8 Å². The third-order valence-corrected chi connectivity index (χ3v) is 5.55. The van der Waals surface area contributed by atoms with E-state index in [0.29, 0.717) is 44.2 Å². The summed E-state index contributed by atoms with van der Waals surface area (Å²) in [6, 6.07) is 6.94. The van der Waals surface area contributed by atoms with E-state index in [1.54, 1.807) is 35.1 Å². The van der Waals surface area contributed by atoms with Crippen molar-refractivity contribution in [1.29, 1.82) is 0 Å². The topological polar surface area (TPSA) is 112 Å². The number of carbonyl (C=O) groups is 2. The van der Waals surface area contributed by atoms with Gasteiger partial charge >= 0.3 is 0 Å². The Balaban J connectivity index is 2.32. The maximum atomic E-state index is 12.0. The molecule has 1 rings (SSSR count). The molecule has 10 heteroatoms. The van der Waals surface area contributed by atoms with Crippen LogP contribution in [0.3, 0.4) is 0 Å². The molecule has 8 nitrogen and oxygen atoms in total. The SMILES string of the molecule is CSSC(COc1cccc(C(=O)NCCN)c1)OCCOCC(=O)NCC#CC(C)C. The molecule has 1 atom stereocenters. The zero-order chi connectivity index (χ0) is 23.6. The van der Waals surface area contributed by atoms with Gasteiger partial charge in [0.2, 0.25) is 5.91 Å². The highest BCUT2D eigenvalue weighted by atomic mass is 33.1. The number of nitrogens with one attached hydrogen (secondary N) is 2. The fourth-order valence-electron chi connectivity index (χ4n) is 2.24. The van der Waals surface area contributed by atoms with Crippen LogP contribution < -0.4 is 21.1 Å². The minimum Gasteiger partial charge on any atom is -0.490 e. The molecular weight excluding hydrogens is 450 g/mol. The summed E-state index contributed by atoms with van der Waals surface area (Å²) < 4.78 is 16.9. The second kappa shape index (κ2) is 17.6. The van der Waals surface area contributed by atoms with Crippen molar-refractivity contribution < 1.29 is 23.8 Å². The molecule has 0 saturated carbocycles. The molecule has 0 radical (unpaired) electrons. The van der Waals surface area contributed by atoms with Crippen molar-refractivity contribution in [3.63, 3.8) is 0 Å². The normalized spacial score (nSPS) is 11.4. The van der Waals surface area contributed by atoms with Gasteiger partial charge in [0.1, 0.15) is 24.4 Å². The van der Waals surface area contributed by atoms with E-state index in [-0.39, 0.29) is 36.4 Å². The molecule has 32 heavy (non-hydrogen) atoms. The predicted molar refractivity (Wildman–Crippen MR) is 131 cm³/mol. The lowest BCUT2D eigenvalue weighted by molar-refractivity contribution is -0.126. The minimum atomic E-state index is -0.233. The molecule has 0 heterocycles.